The Morgan fingerprint density at radius 3 is 2.67 bits per heavy atom. The van der Waals surface area contributed by atoms with Gasteiger partial charge in [-0.2, -0.15) is 5.10 Å². The first-order valence-corrected chi connectivity index (χ1v) is 8.49. The lowest BCUT2D eigenvalue weighted by molar-refractivity contribution is 0.331. The summed E-state index contributed by atoms with van der Waals surface area (Å²) in [5.74, 6) is 0.908. The van der Waals surface area contributed by atoms with Gasteiger partial charge in [0, 0.05) is 31.6 Å². The highest BCUT2D eigenvalue weighted by Crippen LogP contribution is 2.38. The van der Waals surface area contributed by atoms with Gasteiger partial charge >= 0.3 is 0 Å². The third kappa shape index (κ3) is 3.16. The summed E-state index contributed by atoms with van der Waals surface area (Å²) in [6.07, 6.45) is 6.71. The minimum absolute atomic E-state index is 0.0383. The number of nitrogens with zero attached hydrogens (tertiary/aromatic N) is 5. The Bertz CT molecular complexity index is 781. The molecule has 1 saturated heterocycles. The van der Waals surface area contributed by atoms with Gasteiger partial charge in [0.15, 0.2) is 11.6 Å². The van der Waals surface area contributed by atoms with Crippen LogP contribution >= 0.6 is 0 Å². The molecule has 3 heterocycles. The van der Waals surface area contributed by atoms with Gasteiger partial charge in [-0.15, -0.1) is 0 Å². The lowest BCUT2D eigenvalue weighted by Crippen LogP contribution is -2.37. The molecule has 6 nitrogen and oxygen atoms in total. The van der Waals surface area contributed by atoms with Crippen LogP contribution in [0.4, 0.5) is 10.2 Å². The Balaban J connectivity index is 1.41. The predicted molar refractivity (Wildman–Crippen MR) is 87.4 cm³/mol. The normalized spacial score (nSPS) is 18.8. The Kier molecular flexibility index (Phi) is 4.00. The van der Waals surface area contributed by atoms with Crippen LogP contribution < -0.4 is 10.5 Å². The Morgan fingerprint density at radius 1 is 1.17 bits per heavy atom. The molecule has 2 aromatic rings. The Morgan fingerprint density at radius 2 is 1.96 bits per heavy atom. The topological polar surface area (TPSA) is 63.9 Å². The second-order valence-electron chi connectivity index (χ2n) is 6.68. The molecule has 0 unspecified atom stereocenters. The molecule has 1 aliphatic heterocycles. The van der Waals surface area contributed by atoms with Crippen LogP contribution in [0, 0.1) is 11.7 Å². The minimum Gasteiger partial charge on any atom is -0.354 e. The molecule has 24 heavy (non-hydrogen) atoms. The molecule has 2 aromatic heterocycles. The summed E-state index contributed by atoms with van der Waals surface area (Å²) in [5.41, 5.74) is 0.999. The van der Waals surface area contributed by atoms with E-state index in [2.05, 4.69) is 15.1 Å². The van der Waals surface area contributed by atoms with Crippen LogP contribution in [-0.4, -0.2) is 32.8 Å². The standard InChI is InChI=1S/C17H20FN5O/c18-14-9-19-11-20-17(14)22-7-5-12(6-8-22)10-23-16(24)4-3-15(21-23)13-1-2-13/h3-4,9,11-13H,1-2,5-8,10H2. The van der Waals surface area contributed by atoms with Crippen molar-refractivity contribution >= 4 is 5.82 Å². The summed E-state index contributed by atoms with van der Waals surface area (Å²) in [6.45, 7) is 2.10. The maximum atomic E-state index is 13.8. The predicted octanol–water partition coefficient (Wildman–Crippen LogP) is 1.97. The average molecular weight is 329 g/mol. The fraction of sp³-hybridized carbons (Fsp3) is 0.529. The van der Waals surface area contributed by atoms with Crippen molar-refractivity contribution in [1.29, 1.82) is 0 Å². The molecule has 2 aliphatic rings. The minimum atomic E-state index is -0.383. The highest BCUT2D eigenvalue weighted by atomic mass is 19.1. The molecule has 4 rings (SSSR count). The van der Waals surface area contributed by atoms with Crippen LogP contribution in [0.25, 0.3) is 0 Å². The van der Waals surface area contributed by atoms with Crippen LogP contribution in [0.2, 0.25) is 0 Å². The zero-order chi connectivity index (χ0) is 16.5. The monoisotopic (exact) mass is 329 g/mol. The van der Waals surface area contributed by atoms with E-state index < -0.39 is 0 Å². The maximum Gasteiger partial charge on any atom is 0.266 e. The summed E-state index contributed by atoms with van der Waals surface area (Å²) in [5, 5.41) is 4.53. The SMILES string of the molecule is O=c1ccc(C2CC2)nn1CC1CCN(c2ncncc2F)CC1. The van der Waals surface area contributed by atoms with Crippen molar-refractivity contribution in [3.8, 4) is 0 Å². The summed E-state index contributed by atoms with van der Waals surface area (Å²) >= 11 is 0. The first kappa shape index (κ1) is 15.2. The van der Waals surface area contributed by atoms with Gasteiger partial charge in [-0.3, -0.25) is 4.79 Å². The van der Waals surface area contributed by atoms with Crippen molar-refractivity contribution < 1.29 is 4.39 Å². The smallest absolute Gasteiger partial charge is 0.266 e. The van der Waals surface area contributed by atoms with Gasteiger partial charge in [0.2, 0.25) is 0 Å². The van der Waals surface area contributed by atoms with Crippen LogP contribution in [0.3, 0.4) is 0 Å². The molecule has 1 aliphatic carbocycles. The van der Waals surface area contributed by atoms with E-state index in [1.54, 1.807) is 10.7 Å². The molecule has 0 aromatic carbocycles. The fourth-order valence-corrected chi connectivity index (χ4v) is 3.30. The summed E-state index contributed by atoms with van der Waals surface area (Å²) in [4.78, 5) is 21.7. The van der Waals surface area contributed by atoms with Crippen LogP contribution in [0.5, 0.6) is 0 Å². The molecule has 0 spiro atoms. The molecule has 2 fully saturated rings. The van der Waals surface area contributed by atoms with E-state index in [1.807, 2.05) is 11.0 Å². The number of piperidine rings is 1. The molecular weight excluding hydrogens is 309 g/mol. The molecular formula is C17H20FN5O. The van der Waals surface area contributed by atoms with Gasteiger partial charge < -0.3 is 4.90 Å². The van der Waals surface area contributed by atoms with Crippen molar-refractivity contribution in [3.05, 3.63) is 46.5 Å². The van der Waals surface area contributed by atoms with Crippen LogP contribution in [-0.2, 0) is 6.54 Å². The second-order valence-corrected chi connectivity index (χ2v) is 6.68. The quantitative estimate of drug-likeness (QED) is 0.858. The molecule has 126 valence electrons. The van der Waals surface area contributed by atoms with Gasteiger partial charge in [-0.1, -0.05) is 0 Å². The number of hydrogen-bond acceptors (Lipinski definition) is 5. The number of rotatable bonds is 4. The number of halogens is 1. The molecule has 1 saturated carbocycles. The fourth-order valence-electron chi connectivity index (χ4n) is 3.30. The van der Waals surface area contributed by atoms with Crippen LogP contribution in [0.1, 0.15) is 37.3 Å². The van der Waals surface area contributed by atoms with E-state index in [9.17, 15) is 9.18 Å². The molecule has 0 N–H and O–H groups in total. The molecule has 0 amide bonds. The van der Waals surface area contributed by atoms with Crippen molar-refractivity contribution in [2.75, 3.05) is 18.0 Å². The molecule has 0 atom stereocenters. The third-order valence-corrected chi connectivity index (χ3v) is 4.88. The van der Waals surface area contributed by atoms with Crippen molar-refractivity contribution in [2.24, 2.45) is 5.92 Å². The van der Waals surface area contributed by atoms with Crippen molar-refractivity contribution in [1.82, 2.24) is 19.7 Å². The molecule has 0 bridgehead atoms. The van der Waals surface area contributed by atoms with E-state index in [-0.39, 0.29) is 11.4 Å². The first-order chi connectivity index (χ1) is 11.7. The van der Waals surface area contributed by atoms with Gasteiger partial charge in [-0.25, -0.2) is 19.0 Å². The number of hydrogen-bond donors (Lipinski definition) is 0. The van der Waals surface area contributed by atoms with Gasteiger partial charge in [0.05, 0.1) is 11.9 Å². The van der Waals surface area contributed by atoms with Crippen LogP contribution in [0.15, 0.2) is 29.5 Å². The van der Waals surface area contributed by atoms with E-state index in [1.165, 1.54) is 25.4 Å². The average Bonchev–Trinajstić information content (AvgIpc) is 3.43. The lowest BCUT2D eigenvalue weighted by atomic mass is 9.97. The van der Waals surface area contributed by atoms with E-state index >= 15 is 0 Å². The van der Waals surface area contributed by atoms with Gasteiger partial charge in [-0.05, 0) is 37.7 Å². The highest BCUT2D eigenvalue weighted by Gasteiger charge is 2.27. The van der Waals surface area contributed by atoms with E-state index in [0.717, 1.165) is 31.6 Å². The zero-order valence-corrected chi connectivity index (χ0v) is 13.4. The van der Waals surface area contributed by atoms with E-state index in [0.29, 0.717) is 24.2 Å². The summed E-state index contributed by atoms with van der Waals surface area (Å²) in [6, 6.07) is 3.49. The molecule has 0 radical (unpaired) electrons. The van der Waals surface area contributed by atoms with Gasteiger partial charge in [0.1, 0.15) is 6.33 Å². The first-order valence-electron chi connectivity index (χ1n) is 8.49. The zero-order valence-electron chi connectivity index (χ0n) is 13.4. The second kappa shape index (κ2) is 6.30. The third-order valence-electron chi connectivity index (χ3n) is 4.88. The Labute approximate surface area is 139 Å². The van der Waals surface area contributed by atoms with Gasteiger partial charge in [0.25, 0.3) is 5.56 Å². The highest BCUT2D eigenvalue weighted by molar-refractivity contribution is 5.38. The van der Waals surface area contributed by atoms with Crippen molar-refractivity contribution in [3.63, 3.8) is 0 Å². The number of anilines is 1. The summed E-state index contributed by atoms with van der Waals surface area (Å²) < 4.78 is 15.4. The largest absolute Gasteiger partial charge is 0.354 e. The summed E-state index contributed by atoms with van der Waals surface area (Å²) in [7, 11) is 0. The number of aromatic nitrogens is 4. The molecule has 7 heteroatoms. The maximum absolute atomic E-state index is 13.8. The Hall–Kier alpha value is -2.31. The van der Waals surface area contributed by atoms with E-state index in [4.69, 9.17) is 0 Å². The van der Waals surface area contributed by atoms with Crippen molar-refractivity contribution in [2.45, 2.75) is 38.1 Å². The lowest BCUT2D eigenvalue weighted by Gasteiger charge is -2.32.